The van der Waals surface area contributed by atoms with Gasteiger partial charge in [0.2, 0.25) is 0 Å². The smallest absolute Gasteiger partial charge is 0.0554 e. The van der Waals surface area contributed by atoms with E-state index in [0.717, 1.165) is 17.1 Å². The third-order valence-corrected chi connectivity index (χ3v) is 12.1. The quantitative estimate of drug-likeness (QED) is 0.144. The number of benzene rings is 6. The number of nitrogens with zero attached hydrogens (tertiary/aromatic N) is 1. The van der Waals surface area contributed by atoms with E-state index < -0.39 is 0 Å². The fourth-order valence-electron chi connectivity index (χ4n) is 6.89. The van der Waals surface area contributed by atoms with Gasteiger partial charge in [-0.15, -0.1) is 34.0 Å². The number of rotatable bonds is 9. The monoisotopic (exact) mass is 719 g/mol. The van der Waals surface area contributed by atoms with Crippen molar-refractivity contribution in [3.05, 3.63) is 198 Å². The van der Waals surface area contributed by atoms with Crippen LogP contribution in [0.1, 0.15) is 0 Å². The van der Waals surface area contributed by atoms with Crippen LogP contribution in [0.25, 0.3) is 64.7 Å². The molecule has 0 saturated heterocycles. The minimum Gasteiger partial charge on any atom is -0.308 e. The normalized spacial score (nSPS) is 11.1. The number of thiophene rings is 3. The Hall–Kier alpha value is -5.78. The van der Waals surface area contributed by atoms with Gasteiger partial charge in [-0.1, -0.05) is 146 Å². The highest BCUT2D eigenvalue weighted by Gasteiger charge is 2.26. The van der Waals surface area contributed by atoms with E-state index in [1.54, 1.807) is 34.0 Å². The molecule has 0 N–H and O–H groups in total. The van der Waals surface area contributed by atoms with Gasteiger partial charge >= 0.3 is 0 Å². The summed E-state index contributed by atoms with van der Waals surface area (Å²) in [5, 5.41) is 6.53. The van der Waals surface area contributed by atoms with Gasteiger partial charge in [0.15, 0.2) is 0 Å². The Balaban J connectivity index is 1.41. The molecule has 0 aliphatic carbocycles. The third kappa shape index (κ3) is 6.33. The molecule has 52 heavy (non-hydrogen) atoms. The van der Waals surface area contributed by atoms with Crippen molar-refractivity contribution in [3.8, 4) is 64.7 Å². The van der Waals surface area contributed by atoms with Gasteiger partial charge in [0.25, 0.3) is 0 Å². The van der Waals surface area contributed by atoms with Crippen molar-refractivity contribution in [3.63, 3.8) is 0 Å². The van der Waals surface area contributed by atoms with Crippen LogP contribution >= 0.6 is 34.0 Å². The van der Waals surface area contributed by atoms with Crippen molar-refractivity contribution >= 4 is 51.1 Å². The lowest BCUT2D eigenvalue weighted by atomic mass is 9.95. The van der Waals surface area contributed by atoms with E-state index in [0.29, 0.717) is 0 Å². The summed E-state index contributed by atoms with van der Waals surface area (Å²) in [7, 11) is 0. The van der Waals surface area contributed by atoms with Gasteiger partial charge in [0, 0.05) is 31.3 Å². The molecule has 248 valence electrons. The zero-order chi connectivity index (χ0) is 34.7. The van der Waals surface area contributed by atoms with Gasteiger partial charge in [-0.25, -0.2) is 0 Å². The van der Waals surface area contributed by atoms with Crippen molar-refractivity contribution in [1.82, 2.24) is 0 Å². The molecule has 0 bridgehead atoms. The molecule has 0 unspecified atom stereocenters. The summed E-state index contributed by atoms with van der Waals surface area (Å²) in [5.74, 6) is 0. The molecule has 9 aromatic rings. The van der Waals surface area contributed by atoms with Crippen molar-refractivity contribution in [2.24, 2.45) is 0 Å². The lowest BCUT2D eigenvalue weighted by Gasteiger charge is -2.32. The first-order valence-corrected chi connectivity index (χ1v) is 19.9. The van der Waals surface area contributed by atoms with Crippen LogP contribution in [0.2, 0.25) is 0 Å². The van der Waals surface area contributed by atoms with Gasteiger partial charge in [-0.05, 0) is 85.9 Å². The fraction of sp³-hybridized carbons (Fsp3) is 0. The molecule has 0 spiro atoms. The molecular formula is C48H33NS3. The summed E-state index contributed by atoms with van der Waals surface area (Å²) in [5.41, 5.74) is 14.1. The molecule has 6 aromatic carbocycles. The van der Waals surface area contributed by atoms with Gasteiger partial charge in [-0.2, -0.15) is 0 Å². The minimum atomic E-state index is 1.13. The maximum Gasteiger partial charge on any atom is 0.0554 e. The first-order chi connectivity index (χ1) is 25.8. The van der Waals surface area contributed by atoms with E-state index in [2.05, 4.69) is 203 Å². The average molecular weight is 720 g/mol. The van der Waals surface area contributed by atoms with Gasteiger partial charge in [0.1, 0.15) is 0 Å². The Labute approximate surface area is 317 Å². The Morgan fingerprint density at radius 1 is 0.269 bits per heavy atom. The molecule has 0 fully saturated rings. The van der Waals surface area contributed by atoms with Crippen LogP contribution < -0.4 is 4.90 Å². The number of anilines is 3. The Morgan fingerprint density at radius 2 is 0.577 bits per heavy atom. The standard InChI is InChI=1S/C48H33NS3/c1-4-13-34(14-5-1)37-22-25-40(46-19-10-28-50-46)43(31-37)49(44-32-38(35-15-6-2-7-16-35)23-26-41(44)47-20-11-29-51-47)45-33-39(36-17-8-3-9-18-36)24-27-42(45)48-21-12-30-52-48/h1-33H. The zero-order valence-corrected chi connectivity index (χ0v) is 30.7. The predicted octanol–water partition coefficient (Wildman–Crippen LogP) is 15.3. The Bertz CT molecular complexity index is 2250. The highest BCUT2D eigenvalue weighted by atomic mass is 32.1. The highest BCUT2D eigenvalue weighted by molar-refractivity contribution is 7.14. The van der Waals surface area contributed by atoms with Crippen LogP contribution in [0.4, 0.5) is 17.1 Å². The first kappa shape index (κ1) is 32.1. The largest absolute Gasteiger partial charge is 0.308 e. The number of hydrogen-bond acceptors (Lipinski definition) is 4. The Morgan fingerprint density at radius 3 is 0.846 bits per heavy atom. The molecule has 0 aliphatic heterocycles. The molecule has 1 nitrogen and oxygen atoms in total. The molecule has 0 radical (unpaired) electrons. The SMILES string of the molecule is c1ccc(-c2ccc(-c3cccs3)c(N(c3cc(-c4ccccc4)ccc3-c3cccs3)c3cc(-c4ccccc4)ccc3-c3cccs3)c2)cc1. The van der Waals surface area contributed by atoms with Crippen molar-refractivity contribution < 1.29 is 0 Å². The maximum atomic E-state index is 2.55. The lowest BCUT2D eigenvalue weighted by Crippen LogP contribution is -2.14. The van der Waals surface area contributed by atoms with E-state index in [-0.39, 0.29) is 0 Å². The van der Waals surface area contributed by atoms with Crippen molar-refractivity contribution in [2.45, 2.75) is 0 Å². The van der Waals surface area contributed by atoms with E-state index in [1.165, 1.54) is 64.7 Å². The molecule has 0 atom stereocenters. The summed E-state index contributed by atoms with van der Waals surface area (Å²) in [4.78, 5) is 6.24. The van der Waals surface area contributed by atoms with E-state index in [9.17, 15) is 0 Å². The average Bonchev–Trinajstić information content (AvgIpc) is 4.05. The third-order valence-electron chi connectivity index (χ3n) is 9.40. The molecule has 3 aromatic heterocycles. The van der Waals surface area contributed by atoms with Crippen LogP contribution in [0.3, 0.4) is 0 Å². The van der Waals surface area contributed by atoms with Crippen molar-refractivity contribution in [2.75, 3.05) is 4.90 Å². The lowest BCUT2D eigenvalue weighted by molar-refractivity contribution is 1.29. The second-order valence-electron chi connectivity index (χ2n) is 12.6. The molecule has 0 amide bonds. The summed E-state index contributed by atoms with van der Waals surface area (Å²) in [6.45, 7) is 0. The molecule has 0 saturated carbocycles. The van der Waals surface area contributed by atoms with Crippen LogP contribution in [0.5, 0.6) is 0 Å². The highest BCUT2D eigenvalue weighted by Crippen LogP contribution is 2.51. The summed E-state index contributed by atoms with van der Waals surface area (Å²) in [6.07, 6.45) is 0. The van der Waals surface area contributed by atoms with Crippen LogP contribution in [-0.2, 0) is 0 Å². The molecule has 4 heteroatoms. The second kappa shape index (κ2) is 14.5. The van der Waals surface area contributed by atoms with E-state index >= 15 is 0 Å². The van der Waals surface area contributed by atoms with Gasteiger partial charge < -0.3 is 4.90 Å². The van der Waals surface area contributed by atoms with E-state index in [4.69, 9.17) is 0 Å². The number of hydrogen-bond donors (Lipinski definition) is 0. The van der Waals surface area contributed by atoms with E-state index in [1.807, 2.05) is 0 Å². The van der Waals surface area contributed by atoms with Gasteiger partial charge in [-0.3, -0.25) is 0 Å². The summed E-state index contributed by atoms with van der Waals surface area (Å²) < 4.78 is 0. The molecule has 3 heterocycles. The summed E-state index contributed by atoms with van der Waals surface area (Å²) >= 11 is 5.34. The molecular weight excluding hydrogens is 687 g/mol. The predicted molar refractivity (Wildman–Crippen MR) is 227 cm³/mol. The van der Waals surface area contributed by atoms with Crippen LogP contribution in [0.15, 0.2) is 198 Å². The molecule has 9 rings (SSSR count). The summed E-state index contributed by atoms with van der Waals surface area (Å²) in [6, 6.07) is 66.3. The Kier molecular flexibility index (Phi) is 8.94. The van der Waals surface area contributed by atoms with Crippen LogP contribution in [-0.4, -0.2) is 0 Å². The fourth-order valence-corrected chi connectivity index (χ4v) is 9.17. The second-order valence-corrected chi connectivity index (χ2v) is 15.4. The van der Waals surface area contributed by atoms with Crippen molar-refractivity contribution in [1.29, 1.82) is 0 Å². The van der Waals surface area contributed by atoms with Gasteiger partial charge in [0.05, 0.1) is 17.1 Å². The zero-order valence-electron chi connectivity index (χ0n) is 28.2. The topological polar surface area (TPSA) is 3.24 Å². The first-order valence-electron chi connectivity index (χ1n) is 17.3. The minimum absolute atomic E-state index is 1.13. The van der Waals surface area contributed by atoms with Crippen LogP contribution in [0, 0.1) is 0 Å². The maximum absolute atomic E-state index is 2.55. The molecule has 0 aliphatic rings.